The number of aromatic hydroxyl groups is 1. The normalized spacial score (nSPS) is 19.1. The van der Waals surface area contributed by atoms with Crippen LogP contribution in [0.1, 0.15) is 122 Å². The molecule has 2 saturated carbocycles. The lowest BCUT2D eigenvalue weighted by molar-refractivity contribution is -0.163. The molecule has 2 aromatic carbocycles. The van der Waals surface area contributed by atoms with Gasteiger partial charge in [0.1, 0.15) is 25.2 Å². The summed E-state index contributed by atoms with van der Waals surface area (Å²) in [6.07, 6.45) is 13.6. The van der Waals surface area contributed by atoms with Crippen molar-refractivity contribution in [2.45, 2.75) is 147 Å². The molecule has 1 aromatic heterocycles. The highest BCUT2D eigenvalue weighted by Crippen LogP contribution is 2.31. The molecular weight excluding hydrogens is 827 g/mol. The number of aldehydes is 1. The minimum absolute atomic E-state index is 0.0197. The number of aromatic nitrogens is 3. The van der Waals surface area contributed by atoms with Crippen molar-refractivity contribution in [3.05, 3.63) is 76.6 Å². The molecule has 18 heteroatoms. The number of hydrogen-bond donors (Lipinski definition) is 7. The Morgan fingerprint density at radius 3 is 2.16 bits per heavy atom. The number of carbonyl (C=O) groups excluding carboxylic acids is 4. The molecule has 1 saturated heterocycles. The molecule has 354 valence electrons. The molecule has 64 heavy (non-hydrogen) atoms. The number of aliphatic carboxylic acids is 1. The predicted molar refractivity (Wildman–Crippen MR) is 238 cm³/mol. The Bertz CT molecular complexity index is 1860. The van der Waals surface area contributed by atoms with Crippen molar-refractivity contribution in [2.24, 2.45) is 5.73 Å². The predicted octanol–water partition coefficient (Wildman–Crippen LogP) is 4.29. The lowest BCUT2D eigenvalue weighted by atomic mass is 9.87. The second-order valence-corrected chi connectivity index (χ2v) is 16.6. The summed E-state index contributed by atoms with van der Waals surface area (Å²) in [5.41, 5.74) is 8.52. The molecule has 4 unspecified atom stereocenters. The highest BCUT2D eigenvalue weighted by molar-refractivity contribution is 5.94. The highest BCUT2D eigenvalue weighted by atomic mass is 16.6. The summed E-state index contributed by atoms with van der Waals surface area (Å²) in [5, 5.41) is 51.9. The van der Waals surface area contributed by atoms with Gasteiger partial charge in [0.25, 0.3) is 5.91 Å². The standard InChI is InChI=1S/C19H28N2O6.C11H14N2O3.C10H15N3O.C6H12O/c1-10-6-12(7-11(2)17(10)23)18(24)21-9-13(22)8-16-14(20-3)4-5-15(27-16)19(25)26;1-13(7-10(12)14)11(15)16-8-9-5-3-2-4-6-9;14-7-6-13-8-10(11-12-13)9-4-2-1-3-5-9;7-6-4-2-1-3-5-6/h6-7,13-16,20,22-23H,4-5,8-9H2,1-3H3,(H,21,24)(H,25,26);2-6H,7-8H2,1H3,(H2,12,14);7-9H,1-6H2;6-7H,1-5H2. The first-order valence-corrected chi connectivity index (χ1v) is 22.2. The third-order valence-electron chi connectivity index (χ3n) is 11.3. The van der Waals surface area contributed by atoms with Gasteiger partial charge in [-0.05, 0) is 88.2 Å². The summed E-state index contributed by atoms with van der Waals surface area (Å²) in [5.74, 6) is -1.19. The molecule has 6 rings (SSSR count). The van der Waals surface area contributed by atoms with E-state index in [0.29, 0.717) is 42.0 Å². The van der Waals surface area contributed by atoms with E-state index in [4.69, 9.17) is 25.4 Å². The summed E-state index contributed by atoms with van der Waals surface area (Å²) >= 11 is 0. The van der Waals surface area contributed by atoms with E-state index in [1.165, 1.54) is 58.4 Å². The van der Waals surface area contributed by atoms with Gasteiger partial charge < -0.3 is 56.0 Å². The van der Waals surface area contributed by atoms with E-state index >= 15 is 0 Å². The Labute approximate surface area is 375 Å². The first-order chi connectivity index (χ1) is 30.6. The van der Waals surface area contributed by atoms with Gasteiger partial charge in [0.2, 0.25) is 5.91 Å². The molecule has 0 radical (unpaired) electrons. The van der Waals surface area contributed by atoms with Crippen LogP contribution in [0.3, 0.4) is 0 Å². The van der Waals surface area contributed by atoms with Crippen molar-refractivity contribution in [1.82, 2.24) is 30.5 Å². The van der Waals surface area contributed by atoms with Gasteiger partial charge >= 0.3 is 12.1 Å². The van der Waals surface area contributed by atoms with E-state index in [0.717, 1.165) is 35.3 Å². The maximum absolute atomic E-state index is 12.3. The number of aliphatic hydroxyl groups is 2. The number of nitrogens with zero attached hydrogens (tertiary/aromatic N) is 4. The molecule has 4 atom stereocenters. The number of rotatable bonds is 14. The number of aliphatic hydroxyl groups excluding tert-OH is 2. The molecule has 18 nitrogen and oxygen atoms in total. The monoisotopic (exact) mass is 896 g/mol. The van der Waals surface area contributed by atoms with Gasteiger partial charge in [-0.3, -0.25) is 9.59 Å². The SMILES string of the molecule is CN(CC(N)=O)C(=O)OCc1ccccc1.CNC1CCC(C(=O)O)OC1CC(O)CNC(=O)c1cc(C)c(O)c(C)c1.O=CCn1cc(C2CCCCC2)nn1.OC1CCCCC1. The third-order valence-corrected chi connectivity index (χ3v) is 11.3. The van der Waals surface area contributed by atoms with Crippen LogP contribution in [0.2, 0.25) is 0 Å². The first-order valence-electron chi connectivity index (χ1n) is 22.2. The van der Waals surface area contributed by atoms with Gasteiger partial charge in [-0.1, -0.05) is 74.1 Å². The average Bonchev–Trinajstić information content (AvgIpc) is 3.76. The van der Waals surface area contributed by atoms with Gasteiger partial charge in [0.15, 0.2) is 6.10 Å². The maximum Gasteiger partial charge on any atom is 0.410 e. The number of hydrogen-bond acceptors (Lipinski definition) is 13. The zero-order valence-corrected chi connectivity index (χ0v) is 37.7. The van der Waals surface area contributed by atoms with Gasteiger partial charge in [0.05, 0.1) is 30.6 Å². The molecule has 3 fully saturated rings. The minimum Gasteiger partial charge on any atom is -0.507 e. The fraction of sp³-hybridized carbons (Fsp3) is 0.587. The number of carbonyl (C=O) groups is 5. The Hall–Kier alpha value is -5.43. The third kappa shape index (κ3) is 19.1. The summed E-state index contributed by atoms with van der Waals surface area (Å²) < 4.78 is 12.2. The number of phenolic OH excluding ortho intramolecular Hbond substituents is 1. The number of carboxylic acids is 1. The molecule has 2 heterocycles. The number of phenols is 1. The van der Waals surface area contributed by atoms with Crippen LogP contribution in [0, 0.1) is 13.8 Å². The molecular formula is C46H69N7O11. The lowest BCUT2D eigenvalue weighted by Crippen LogP contribution is -2.50. The Morgan fingerprint density at radius 1 is 0.984 bits per heavy atom. The lowest BCUT2D eigenvalue weighted by Gasteiger charge is -2.35. The Balaban J connectivity index is 0.000000250. The number of nitrogens with one attached hydrogen (secondary N) is 2. The van der Waals surface area contributed by atoms with Crippen molar-refractivity contribution < 1.29 is 53.9 Å². The van der Waals surface area contributed by atoms with Crippen LogP contribution in [-0.4, -0.2) is 128 Å². The molecule has 0 bridgehead atoms. The molecule has 3 amide bonds. The molecule has 2 aliphatic carbocycles. The largest absolute Gasteiger partial charge is 0.507 e. The van der Waals surface area contributed by atoms with Crippen molar-refractivity contribution in [1.29, 1.82) is 0 Å². The van der Waals surface area contributed by atoms with Crippen LogP contribution >= 0.6 is 0 Å². The van der Waals surface area contributed by atoms with Crippen LogP contribution in [0.25, 0.3) is 0 Å². The van der Waals surface area contributed by atoms with Crippen molar-refractivity contribution >= 4 is 30.2 Å². The summed E-state index contributed by atoms with van der Waals surface area (Å²) in [6, 6.07) is 12.4. The number of likely N-dealkylation sites (N-methyl/N-ethyl adjacent to an activating group) is 2. The number of amides is 3. The quantitative estimate of drug-likeness (QED) is 0.111. The van der Waals surface area contributed by atoms with E-state index in [9.17, 15) is 34.2 Å². The zero-order valence-electron chi connectivity index (χ0n) is 37.7. The van der Waals surface area contributed by atoms with Crippen molar-refractivity contribution in [3.63, 3.8) is 0 Å². The second-order valence-electron chi connectivity index (χ2n) is 16.6. The number of primary amides is 1. The number of benzene rings is 2. The van der Waals surface area contributed by atoms with Crippen molar-refractivity contribution in [2.75, 3.05) is 27.2 Å². The van der Waals surface area contributed by atoms with Crippen LogP contribution < -0.4 is 16.4 Å². The molecule has 0 spiro atoms. The fourth-order valence-electron chi connectivity index (χ4n) is 7.65. The van der Waals surface area contributed by atoms with Crippen LogP contribution in [0.4, 0.5) is 4.79 Å². The topological polar surface area (TPSA) is 269 Å². The fourth-order valence-corrected chi connectivity index (χ4v) is 7.65. The number of carboxylic acid groups (broad SMARTS) is 1. The molecule has 3 aliphatic rings. The van der Waals surface area contributed by atoms with Gasteiger partial charge in [-0.25, -0.2) is 14.3 Å². The first kappa shape index (κ1) is 52.9. The van der Waals surface area contributed by atoms with Gasteiger partial charge in [-0.15, -0.1) is 5.10 Å². The number of aryl methyl sites for hydroxylation is 2. The van der Waals surface area contributed by atoms with Crippen LogP contribution in [-0.2, 0) is 37.0 Å². The van der Waals surface area contributed by atoms with Crippen LogP contribution in [0.5, 0.6) is 5.75 Å². The highest BCUT2D eigenvalue weighted by Gasteiger charge is 2.35. The summed E-state index contributed by atoms with van der Waals surface area (Å²) in [4.78, 5) is 56.8. The number of nitrogens with two attached hydrogens (primary N) is 1. The van der Waals surface area contributed by atoms with E-state index in [1.807, 2.05) is 36.5 Å². The average molecular weight is 896 g/mol. The van der Waals surface area contributed by atoms with E-state index < -0.39 is 36.3 Å². The van der Waals surface area contributed by atoms with Crippen LogP contribution in [0.15, 0.2) is 48.7 Å². The number of ether oxygens (including phenoxy) is 2. The maximum atomic E-state index is 12.3. The molecule has 1 aliphatic heterocycles. The summed E-state index contributed by atoms with van der Waals surface area (Å²) in [6.45, 7) is 3.80. The summed E-state index contributed by atoms with van der Waals surface area (Å²) in [7, 11) is 3.23. The molecule has 3 aromatic rings. The smallest absolute Gasteiger partial charge is 0.410 e. The van der Waals surface area contributed by atoms with E-state index in [-0.39, 0.29) is 49.9 Å². The second kappa shape index (κ2) is 28.4. The Kier molecular flexibility index (Phi) is 23.5. The van der Waals surface area contributed by atoms with Gasteiger partial charge in [0, 0.05) is 43.7 Å². The molecule has 8 N–H and O–H groups in total. The van der Waals surface area contributed by atoms with E-state index in [2.05, 4.69) is 20.9 Å². The van der Waals surface area contributed by atoms with Gasteiger partial charge in [-0.2, -0.15) is 0 Å². The Morgan fingerprint density at radius 2 is 1.61 bits per heavy atom. The minimum atomic E-state index is -1.00. The van der Waals surface area contributed by atoms with Crippen molar-refractivity contribution in [3.8, 4) is 5.75 Å². The zero-order chi connectivity index (χ0) is 47.0. The van der Waals surface area contributed by atoms with E-state index in [1.54, 1.807) is 37.7 Å².